The highest BCUT2D eigenvalue weighted by Gasteiger charge is 2.39. The fraction of sp³-hybridized carbons (Fsp3) is 0.500. The normalized spacial score (nSPS) is 25.0. The molecule has 146 valence electrons. The number of pyridine rings is 1. The van der Waals surface area contributed by atoms with E-state index in [9.17, 15) is 4.79 Å². The summed E-state index contributed by atoms with van der Waals surface area (Å²) in [6.45, 7) is 6.13. The summed E-state index contributed by atoms with van der Waals surface area (Å²) in [7, 11) is 0. The number of rotatable bonds is 4. The van der Waals surface area contributed by atoms with Crippen LogP contribution in [0.3, 0.4) is 0 Å². The molecule has 4 heteroatoms. The molecule has 1 aliphatic carbocycles. The first-order chi connectivity index (χ1) is 13.7. The van der Waals surface area contributed by atoms with Gasteiger partial charge in [0.25, 0.3) is 5.91 Å². The molecule has 4 nitrogen and oxygen atoms in total. The summed E-state index contributed by atoms with van der Waals surface area (Å²) in [5, 5.41) is 0. The third-order valence-corrected chi connectivity index (χ3v) is 6.74. The van der Waals surface area contributed by atoms with E-state index in [1.165, 1.54) is 38.8 Å². The van der Waals surface area contributed by atoms with Crippen molar-refractivity contribution in [2.24, 2.45) is 11.8 Å². The maximum atomic E-state index is 13.7. The van der Waals surface area contributed by atoms with Crippen molar-refractivity contribution in [3.8, 4) is 11.1 Å². The van der Waals surface area contributed by atoms with Crippen LogP contribution in [0.5, 0.6) is 0 Å². The van der Waals surface area contributed by atoms with E-state index in [0.717, 1.165) is 41.4 Å². The van der Waals surface area contributed by atoms with Crippen LogP contribution in [0.4, 0.5) is 0 Å². The van der Waals surface area contributed by atoms with Gasteiger partial charge in [0.1, 0.15) is 0 Å². The zero-order valence-corrected chi connectivity index (χ0v) is 16.7. The molecule has 2 bridgehead atoms. The monoisotopic (exact) mass is 375 g/mol. The molecule has 1 aromatic carbocycles. The number of hydrogen-bond donors (Lipinski definition) is 0. The van der Waals surface area contributed by atoms with Crippen molar-refractivity contribution >= 4 is 5.91 Å². The van der Waals surface area contributed by atoms with Crippen molar-refractivity contribution < 1.29 is 4.79 Å². The summed E-state index contributed by atoms with van der Waals surface area (Å²) in [6, 6.07) is 12.7. The summed E-state index contributed by atoms with van der Waals surface area (Å²) in [6.07, 6.45) is 7.10. The van der Waals surface area contributed by atoms with Gasteiger partial charge in [-0.3, -0.25) is 14.7 Å². The van der Waals surface area contributed by atoms with E-state index in [1.807, 2.05) is 37.4 Å². The van der Waals surface area contributed by atoms with Crippen LogP contribution in [0.15, 0.2) is 42.6 Å². The Hall–Kier alpha value is -2.20. The fourth-order valence-electron chi connectivity index (χ4n) is 5.05. The van der Waals surface area contributed by atoms with Crippen molar-refractivity contribution in [3.05, 3.63) is 53.9 Å². The lowest BCUT2D eigenvalue weighted by molar-refractivity contribution is 0.0736. The molecule has 4 fully saturated rings. The molecule has 4 aliphatic rings. The third-order valence-electron chi connectivity index (χ3n) is 6.74. The maximum absolute atomic E-state index is 13.7. The summed E-state index contributed by atoms with van der Waals surface area (Å²) in [5.41, 5.74) is 3.70. The Kier molecular flexibility index (Phi) is 4.67. The molecular weight excluding hydrogens is 346 g/mol. The van der Waals surface area contributed by atoms with Crippen LogP contribution in [0.25, 0.3) is 11.1 Å². The number of carbonyl (C=O) groups excluding carboxylic acids is 1. The van der Waals surface area contributed by atoms with E-state index >= 15 is 0 Å². The SMILES string of the molecule is Cc1nccc(-c2ccccc2)c1C(=O)N1C[C@@H]2CC[C@H](C1)N(CC1CC1)C2. The predicted octanol–water partition coefficient (Wildman–Crippen LogP) is 4.00. The highest BCUT2D eigenvalue weighted by Crippen LogP contribution is 2.35. The van der Waals surface area contributed by atoms with Gasteiger partial charge in [0.05, 0.1) is 11.3 Å². The summed E-state index contributed by atoms with van der Waals surface area (Å²) >= 11 is 0. The zero-order valence-electron chi connectivity index (χ0n) is 16.7. The minimum atomic E-state index is 0.162. The molecule has 0 unspecified atom stereocenters. The lowest BCUT2D eigenvalue weighted by atomic mass is 9.95. The molecule has 2 aromatic rings. The molecular formula is C24H29N3O. The molecule has 3 saturated heterocycles. The Morgan fingerprint density at radius 1 is 1.04 bits per heavy atom. The summed E-state index contributed by atoms with van der Waals surface area (Å²) in [4.78, 5) is 23.0. The van der Waals surface area contributed by atoms with Gasteiger partial charge >= 0.3 is 0 Å². The van der Waals surface area contributed by atoms with E-state index in [-0.39, 0.29) is 5.91 Å². The minimum Gasteiger partial charge on any atom is -0.337 e. The summed E-state index contributed by atoms with van der Waals surface area (Å²) < 4.78 is 0. The first-order valence-electron chi connectivity index (χ1n) is 10.7. The van der Waals surface area contributed by atoms with Crippen molar-refractivity contribution in [2.45, 2.75) is 38.6 Å². The Morgan fingerprint density at radius 3 is 2.64 bits per heavy atom. The van der Waals surface area contributed by atoms with Crippen LogP contribution in [0.2, 0.25) is 0 Å². The van der Waals surface area contributed by atoms with Gasteiger partial charge in [-0.25, -0.2) is 0 Å². The second-order valence-electron chi connectivity index (χ2n) is 8.89. The molecule has 0 radical (unpaired) electrons. The van der Waals surface area contributed by atoms with Gasteiger partial charge < -0.3 is 4.90 Å². The van der Waals surface area contributed by atoms with E-state index in [4.69, 9.17) is 0 Å². The van der Waals surface area contributed by atoms with Crippen LogP contribution in [-0.2, 0) is 0 Å². The van der Waals surface area contributed by atoms with Crippen LogP contribution in [0.1, 0.15) is 41.7 Å². The highest BCUT2D eigenvalue weighted by atomic mass is 16.2. The second kappa shape index (κ2) is 7.32. The van der Waals surface area contributed by atoms with Gasteiger partial charge in [0.15, 0.2) is 0 Å². The molecule has 1 saturated carbocycles. The first-order valence-corrected chi connectivity index (χ1v) is 10.7. The van der Waals surface area contributed by atoms with E-state index < -0.39 is 0 Å². The number of aromatic nitrogens is 1. The Labute approximate surface area is 167 Å². The van der Waals surface area contributed by atoms with Crippen LogP contribution in [0, 0.1) is 18.8 Å². The molecule has 4 heterocycles. The van der Waals surface area contributed by atoms with Crippen molar-refractivity contribution in [1.82, 2.24) is 14.8 Å². The highest BCUT2D eigenvalue weighted by molar-refractivity contribution is 6.01. The topological polar surface area (TPSA) is 36.4 Å². The zero-order chi connectivity index (χ0) is 19.1. The van der Waals surface area contributed by atoms with Gasteiger partial charge in [0, 0.05) is 38.4 Å². The van der Waals surface area contributed by atoms with Crippen molar-refractivity contribution in [2.75, 3.05) is 26.2 Å². The number of piperidine rings is 1. The second-order valence-corrected chi connectivity index (χ2v) is 8.89. The van der Waals surface area contributed by atoms with Crippen LogP contribution < -0.4 is 0 Å². The van der Waals surface area contributed by atoms with Gasteiger partial charge in [-0.1, -0.05) is 30.3 Å². The standard InChI is InChI=1S/C24H29N3O/c1-17-23(22(11-12-25-17)20-5-3-2-4-6-20)24(28)27-15-19-9-10-21(16-27)26(14-19)13-18-7-8-18/h2-6,11-12,18-19,21H,7-10,13-16H2,1H3/t19-,21-/m1/s1. The van der Waals surface area contributed by atoms with Gasteiger partial charge in [-0.15, -0.1) is 0 Å². The molecule has 1 amide bonds. The lowest BCUT2D eigenvalue weighted by Gasteiger charge is -2.36. The molecule has 2 atom stereocenters. The molecule has 0 spiro atoms. The van der Waals surface area contributed by atoms with Crippen molar-refractivity contribution in [1.29, 1.82) is 0 Å². The number of amides is 1. The Bertz CT molecular complexity index is 861. The predicted molar refractivity (Wildman–Crippen MR) is 111 cm³/mol. The third kappa shape index (κ3) is 3.46. The van der Waals surface area contributed by atoms with E-state index in [2.05, 4.69) is 26.9 Å². The average Bonchev–Trinajstić information content (AvgIpc) is 3.56. The number of benzene rings is 1. The minimum absolute atomic E-state index is 0.162. The largest absolute Gasteiger partial charge is 0.337 e. The number of aryl methyl sites for hydroxylation is 1. The van der Waals surface area contributed by atoms with Gasteiger partial charge in [0.2, 0.25) is 0 Å². The van der Waals surface area contributed by atoms with Gasteiger partial charge in [-0.2, -0.15) is 0 Å². The molecule has 6 rings (SSSR count). The smallest absolute Gasteiger partial charge is 0.256 e. The van der Waals surface area contributed by atoms with Crippen LogP contribution in [-0.4, -0.2) is 52.9 Å². The fourth-order valence-corrected chi connectivity index (χ4v) is 5.05. The Morgan fingerprint density at radius 2 is 1.86 bits per heavy atom. The first kappa shape index (κ1) is 17.9. The maximum Gasteiger partial charge on any atom is 0.256 e. The molecule has 3 aliphatic heterocycles. The number of nitrogens with zero attached hydrogens (tertiary/aromatic N) is 3. The lowest BCUT2D eigenvalue weighted by Crippen LogP contribution is -2.45. The average molecular weight is 376 g/mol. The van der Waals surface area contributed by atoms with Crippen molar-refractivity contribution in [3.63, 3.8) is 0 Å². The van der Waals surface area contributed by atoms with E-state index in [1.54, 1.807) is 0 Å². The Balaban J connectivity index is 1.44. The molecule has 1 aromatic heterocycles. The summed E-state index contributed by atoms with van der Waals surface area (Å²) in [5.74, 6) is 1.68. The van der Waals surface area contributed by atoms with Gasteiger partial charge in [-0.05, 0) is 61.6 Å². The molecule has 28 heavy (non-hydrogen) atoms. The number of fused-ring (bicyclic) bond motifs is 4. The molecule has 0 N–H and O–H groups in total. The van der Waals surface area contributed by atoms with Crippen LogP contribution >= 0.6 is 0 Å². The van der Waals surface area contributed by atoms with E-state index in [0.29, 0.717) is 12.0 Å². The quantitative estimate of drug-likeness (QED) is 0.810. The number of carbonyl (C=O) groups is 1. The number of hydrogen-bond acceptors (Lipinski definition) is 3.